The predicted octanol–water partition coefficient (Wildman–Crippen LogP) is 7.22. The molecule has 3 saturated heterocycles. The van der Waals surface area contributed by atoms with Gasteiger partial charge >= 0.3 is 5.97 Å². The molecule has 4 aromatic rings. The minimum Gasteiger partial charge on any atom is -0.464 e. The molecule has 9 atom stereocenters. The molecule has 5 aliphatic rings. The summed E-state index contributed by atoms with van der Waals surface area (Å²) in [5.41, 5.74) is 10.9. The topological polar surface area (TPSA) is 149 Å². The first-order chi connectivity index (χ1) is 31.3. The first kappa shape index (κ1) is 45.9. The lowest BCUT2D eigenvalue weighted by molar-refractivity contribution is -0.156. The van der Waals surface area contributed by atoms with Gasteiger partial charge in [-0.2, -0.15) is 0 Å². The van der Waals surface area contributed by atoms with E-state index < -0.39 is 29.6 Å². The van der Waals surface area contributed by atoms with Gasteiger partial charge in [-0.15, -0.1) is 11.3 Å². The Morgan fingerprint density at radius 1 is 1.11 bits per heavy atom. The van der Waals surface area contributed by atoms with Gasteiger partial charge in [0.25, 0.3) is 5.91 Å². The molecular weight excluding hydrogens is 843 g/mol. The Kier molecular flexibility index (Phi) is 13.3. The highest BCUT2D eigenvalue weighted by Crippen LogP contribution is 2.47. The minimum absolute atomic E-state index is 0.163. The molecule has 4 aliphatic heterocycles. The summed E-state index contributed by atoms with van der Waals surface area (Å²) in [5, 5.41) is 8.27. The van der Waals surface area contributed by atoms with Crippen molar-refractivity contribution >= 4 is 40.0 Å². The molecule has 15 heteroatoms. The van der Waals surface area contributed by atoms with E-state index in [0.29, 0.717) is 55.9 Å². The van der Waals surface area contributed by atoms with Gasteiger partial charge in [-0.3, -0.25) is 29.3 Å². The van der Waals surface area contributed by atoms with Crippen molar-refractivity contribution in [2.24, 2.45) is 23.2 Å². The first-order valence-corrected chi connectivity index (χ1v) is 24.8. The summed E-state index contributed by atoms with van der Waals surface area (Å²) in [5.74, 6) is -0.377. The summed E-state index contributed by atoms with van der Waals surface area (Å²) in [7, 11) is 1.74. The van der Waals surface area contributed by atoms with Gasteiger partial charge in [0.1, 0.15) is 23.2 Å². The normalized spacial score (nSPS) is 28.9. The largest absolute Gasteiger partial charge is 0.464 e. The number of benzene rings is 1. The maximum atomic E-state index is 14.6. The van der Waals surface area contributed by atoms with Crippen LogP contribution in [0.25, 0.3) is 33.4 Å². The van der Waals surface area contributed by atoms with Crippen LogP contribution in [0, 0.1) is 23.2 Å². The summed E-state index contributed by atoms with van der Waals surface area (Å²) in [6.07, 6.45) is 4.73. The number of morpholine rings is 1. The Morgan fingerprint density at radius 3 is 2.68 bits per heavy atom. The fraction of sp³-hybridized carbons (Fsp3) is 0.620. The molecule has 1 saturated carbocycles. The van der Waals surface area contributed by atoms with Crippen molar-refractivity contribution in [1.82, 2.24) is 35.2 Å². The quantitative estimate of drug-likeness (QED) is 0.164. The Morgan fingerprint density at radius 2 is 1.92 bits per heavy atom. The van der Waals surface area contributed by atoms with E-state index in [2.05, 4.69) is 92.2 Å². The van der Waals surface area contributed by atoms with Gasteiger partial charge in [-0.1, -0.05) is 33.8 Å². The number of nitrogens with one attached hydrogen (secondary N) is 2. The lowest BCUT2D eigenvalue weighted by Gasteiger charge is -2.42. The third kappa shape index (κ3) is 9.01. The SMILES string of the molecule is CCO[C@@H]1c2nc(cs2)-c2ccc3c(c2)c(c(-c2cc([C@@H]4CCN5CCOC[C@@H]5C4)cnc2[C@H](C)OC)n3CC)CC(C)(C)COC(=O)[C@@H]2CCCN(N2)C(=O)[C@H]1NC(=O)C1[C@@H](C)[C@H]1C. The van der Waals surface area contributed by atoms with Gasteiger partial charge in [0.05, 0.1) is 43.0 Å². The summed E-state index contributed by atoms with van der Waals surface area (Å²) in [6, 6.07) is 7.50. The standard InChI is InChI=1S/C50H67N7O7S/c1-9-56-40-14-13-32-21-35(40)37(44(56)36-22-33(24-51-42(36)30(5)61-8)31-15-17-55-18-19-62-25-34(55)20-31)23-50(6,7)27-64-49(60)38-12-11-16-57(54-38)48(59)43(53-46(58)41-28(3)29(41)4)45(63-10-2)47-52-39(32)26-65-47/h13-14,21-22,24,26,28-31,34,38,41,43,45,54H,9-12,15-20,23,25,27H2,1-8H3,(H,53,58)/t28-,29+,30-,31+,34-,38-,41?,43-,45-/m0/s1. The van der Waals surface area contributed by atoms with Crippen LogP contribution in [0.1, 0.15) is 114 Å². The maximum Gasteiger partial charge on any atom is 0.324 e. The zero-order valence-electron chi connectivity index (χ0n) is 39.4. The molecule has 4 fully saturated rings. The lowest BCUT2D eigenvalue weighted by atomic mass is 9.82. The van der Waals surface area contributed by atoms with Crippen molar-refractivity contribution in [1.29, 1.82) is 0 Å². The molecule has 1 unspecified atom stereocenters. The number of fused-ring (bicyclic) bond motifs is 7. The molecule has 2 amide bonds. The van der Waals surface area contributed by atoms with Crippen LogP contribution in [-0.2, 0) is 46.3 Å². The van der Waals surface area contributed by atoms with Crippen molar-refractivity contribution in [3.8, 4) is 22.5 Å². The number of carbonyl (C=O) groups is 3. The smallest absolute Gasteiger partial charge is 0.324 e. The summed E-state index contributed by atoms with van der Waals surface area (Å²) < 4.78 is 27.0. The van der Waals surface area contributed by atoms with Crippen LogP contribution in [0.2, 0.25) is 0 Å². The molecular formula is C50H67N7O7S. The van der Waals surface area contributed by atoms with E-state index >= 15 is 0 Å². The van der Waals surface area contributed by atoms with Crippen molar-refractivity contribution in [3.63, 3.8) is 0 Å². The number of rotatable bonds is 9. The van der Waals surface area contributed by atoms with Crippen molar-refractivity contribution in [2.75, 3.05) is 53.2 Å². The summed E-state index contributed by atoms with van der Waals surface area (Å²) in [4.78, 5) is 55.5. The molecule has 3 aromatic heterocycles. The molecule has 1 aliphatic carbocycles. The molecule has 350 valence electrons. The second-order valence-corrected chi connectivity index (χ2v) is 20.7. The van der Waals surface area contributed by atoms with E-state index in [1.54, 1.807) is 7.11 Å². The van der Waals surface area contributed by atoms with Crippen molar-refractivity contribution < 1.29 is 33.3 Å². The van der Waals surface area contributed by atoms with Crippen molar-refractivity contribution in [2.45, 2.75) is 123 Å². The highest BCUT2D eigenvalue weighted by molar-refractivity contribution is 7.10. The van der Waals surface area contributed by atoms with Crippen LogP contribution < -0.4 is 10.7 Å². The zero-order chi connectivity index (χ0) is 45.7. The van der Waals surface area contributed by atoms with E-state index in [-0.39, 0.29) is 42.3 Å². The average Bonchev–Trinajstić information content (AvgIpc) is 3.58. The molecule has 1 aromatic carbocycles. The Bertz CT molecular complexity index is 2410. The number of pyridine rings is 1. The molecule has 9 rings (SSSR count). The lowest BCUT2D eigenvalue weighted by Crippen LogP contribution is -2.61. The van der Waals surface area contributed by atoms with Crippen LogP contribution in [0.4, 0.5) is 0 Å². The van der Waals surface area contributed by atoms with Crippen LogP contribution >= 0.6 is 11.3 Å². The third-order valence-corrected chi connectivity index (χ3v) is 15.9. The number of thiazole rings is 1. The van der Waals surface area contributed by atoms with Gasteiger partial charge in [-0.05, 0) is 106 Å². The van der Waals surface area contributed by atoms with E-state index in [1.165, 1.54) is 21.9 Å². The van der Waals surface area contributed by atoms with Gasteiger partial charge in [0, 0.05) is 84.3 Å². The van der Waals surface area contributed by atoms with E-state index in [4.69, 9.17) is 28.9 Å². The predicted molar refractivity (Wildman–Crippen MR) is 250 cm³/mol. The number of aromatic nitrogens is 3. The number of methoxy groups -OCH3 is 1. The fourth-order valence-electron chi connectivity index (χ4n) is 10.9. The number of nitrogens with zero attached hydrogens (tertiary/aromatic N) is 5. The first-order valence-electron chi connectivity index (χ1n) is 23.9. The molecule has 2 N–H and O–H groups in total. The second kappa shape index (κ2) is 18.8. The second-order valence-electron chi connectivity index (χ2n) is 19.8. The molecule has 7 heterocycles. The van der Waals surface area contributed by atoms with Crippen molar-refractivity contribution in [3.05, 3.63) is 57.7 Å². The number of hydrogen-bond acceptors (Lipinski definition) is 12. The number of hydrazine groups is 1. The van der Waals surface area contributed by atoms with Gasteiger partial charge < -0.3 is 28.8 Å². The van der Waals surface area contributed by atoms with E-state index in [9.17, 15) is 14.4 Å². The number of amides is 2. The zero-order valence-corrected chi connectivity index (χ0v) is 40.2. The number of hydrogen-bond donors (Lipinski definition) is 2. The number of aryl methyl sites for hydroxylation is 1. The number of cyclic esters (lactones) is 1. The summed E-state index contributed by atoms with van der Waals surface area (Å²) in [6.45, 7) is 19.7. The third-order valence-electron chi connectivity index (χ3n) is 15.0. The Hall–Kier alpha value is -4.25. The van der Waals surface area contributed by atoms with Gasteiger partial charge in [0.15, 0.2) is 0 Å². The number of ether oxygens (including phenoxy) is 4. The Labute approximate surface area is 387 Å². The van der Waals surface area contributed by atoms with Gasteiger partial charge in [-0.25, -0.2) is 10.4 Å². The monoisotopic (exact) mass is 909 g/mol. The molecule has 6 bridgehead atoms. The van der Waals surface area contributed by atoms with E-state index in [1.807, 2.05) is 12.3 Å². The van der Waals surface area contributed by atoms with E-state index in [0.717, 1.165) is 83.8 Å². The summed E-state index contributed by atoms with van der Waals surface area (Å²) >= 11 is 1.42. The average molecular weight is 910 g/mol. The molecule has 0 spiro atoms. The maximum absolute atomic E-state index is 14.6. The number of carbonyl (C=O) groups excluding carboxylic acids is 3. The van der Waals surface area contributed by atoms with Crippen LogP contribution in [0.5, 0.6) is 0 Å². The van der Waals surface area contributed by atoms with Crippen LogP contribution in [0.3, 0.4) is 0 Å². The molecule has 14 nitrogen and oxygen atoms in total. The molecule has 0 radical (unpaired) electrons. The van der Waals surface area contributed by atoms with Crippen LogP contribution in [0.15, 0.2) is 35.8 Å². The highest BCUT2D eigenvalue weighted by atomic mass is 32.1. The van der Waals surface area contributed by atoms with Gasteiger partial charge in [0.2, 0.25) is 5.91 Å². The number of piperidine rings is 1. The highest BCUT2D eigenvalue weighted by Gasteiger charge is 2.50. The minimum atomic E-state index is -1.08. The number of esters is 1. The van der Waals surface area contributed by atoms with Crippen LogP contribution in [-0.4, -0.2) is 114 Å². The fourth-order valence-corrected chi connectivity index (χ4v) is 11.8. The Balaban J connectivity index is 1.18. The molecule has 65 heavy (non-hydrogen) atoms.